The smallest absolute Gasteiger partial charge is 0.0750 e. The third-order valence-electron chi connectivity index (χ3n) is 9.96. The first kappa shape index (κ1) is 21.4. The molecule has 0 saturated heterocycles. The summed E-state index contributed by atoms with van der Waals surface area (Å²) in [6.07, 6.45) is 14.8. The van der Waals surface area contributed by atoms with E-state index in [1.807, 2.05) is 11.1 Å². The van der Waals surface area contributed by atoms with Crippen LogP contribution in [0.25, 0.3) is 0 Å². The SMILES string of the molecule is C=C1[C@@H](O)CC[C@]2(C)C3CC[C@@]4(C)C(=C3CC[C@@H]12)CC[C@@H]4[C@H](C)CCC=C(C)C. The first-order chi connectivity index (χ1) is 13.7. The number of rotatable bonds is 4. The Bertz CT molecular complexity index is 723. The van der Waals surface area contributed by atoms with Gasteiger partial charge < -0.3 is 5.11 Å². The van der Waals surface area contributed by atoms with Crippen LogP contribution in [0.2, 0.25) is 0 Å². The molecular weight excluding hydrogens is 352 g/mol. The first-order valence-corrected chi connectivity index (χ1v) is 12.4. The molecule has 0 bridgehead atoms. The molecule has 29 heavy (non-hydrogen) atoms. The van der Waals surface area contributed by atoms with Crippen LogP contribution in [-0.2, 0) is 0 Å². The van der Waals surface area contributed by atoms with Crippen molar-refractivity contribution in [3.8, 4) is 0 Å². The van der Waals surface area contributed by atoms with Gasteiger partial charge in [0.2, 0.25) is 0 Å². The van der Waals surface area contributed by atoms with Gasteiger partial charge in [0.25, 0.3) is 0 Å². The summed E-state index contributed by atoms with van der Waals surface area (Å²) >= 11 is 0. The fourth-order valence-electron chi connectivity index (χ4n) is 8.32. The summed E-state index contributed by atoms with van der Waals surface area (Å²) < 4.78 is 0. The average molecular weight is 397 g/mol. The van der Waals surface area contributed by atoms with E-state index in [2.05, 4.69) is 47.3 Å². The number of hydrogen-bond acceptors (Lipinski definition) is 1. The summed E-state index contributed by atoms with van der Waals surface area (Å²) in [4.78, 5) is 0. The maximum atomic E-state index is 10.4. The normalized spacial score (nSPS) is 42.8. The van der Waals surface area contributed by atoms with Crippen molar-refractivity contribution < 1.29 is 5.11 Å². The third kappa shape index (κ3) is 3.40. The van der Waals surface area contributed by atoms with Gasteiger partial charge in [0.05, 0.1) is 6.10 Å². The molecule has 4 aliphatic carbocycles. The third-order valence-corrected chi connectivity index (χ3v) is 9.96. The van der Waals surface area contributed by atoms with Crippen molar-refractivity contribution in [2.75, 3.05) is 0 Å². The summed E-state index contributed by atoms with van der Waals surface area (Å²) in [6, 6.07) is 0. The summed E-state index contributed by atoms with van der Waals surface area (Å²) in [6.45, 7) is 16.5. The van der Waals surface area contributed by atoms with Crippen LogP contribution in [0.15, 0.2) is 34.9 Å². The Kier molecular flexibility index (Phi) is 5.69. The Morgan fingerprint density at radius 3 is 2.59 bits per heavy atom. The predicted molar refractivity (Wildman–Crippen MR) is 124 cm³/mol. The topological polar surface area (TPSA) is 20.2 Å². The Morgan fingerprint density at radius 2 is 1.86 bits per heavy atom. The fourth-order valence-corrected chi connectivity index (χ4v) is 8.32. The molecule has 0 aliphatic heterocycles. The molecule has 1 nitrogen and oxygen atoms in total. The van der Waals surface area contributed by atoms with Crippen LogP contribution in [0.4, 0.5) is 0 Å². The van der Waals surface area contributed by atoms with E-state index in [-0.39, 0.29) is 6.10 Å². The van der Waals surface area contributed by atoms with Gasteiger partial charge in [-0.3, -0.25) is 0 Å². The second-order valence-corrected chi connectivity index (χ2v) is 11.7. The molecule has 3 fully saturated rings. The van der Waals surface area contributed by atoms with Crippen LogP contribution >= 0.6 is 0 Å². The quantitative estimate of drug-likeness (QED) is 0.484. The van der Waals surface area contributed by atoms with Crippen LogP contribution < -0.4 is 0 Å². The molecule has 0 radical (unpaired) electrons. The molecule has 4 rings (SSSR count). The minimum Gasteiger partial charge on any atom is -0.389 e. The molecule has 0 spiro atoms. The Labute approximate surface area is 179 Å². The van der Waals surface area contributed by atoms with Gasteiger partial charge in [-0.05, 0) is 118 Å². The standard InChI is InChI=1S/C28H44O/c1-18(2)8-7-9-19(3)22-12-13-24-21-10-11-23-20(4)26(29)15-17-28(23,6)25(21)14-16-27(22,24)5/h8,19,22-23,25-26,29H,4,7,9-17H2,1-3,5-6H3/t19-,22-,23+,25?,26+,27-,28+/m1/s1. The van der Waals surface area contributed by atoms with Gasteiger partial charge in [0.15, 0.2) is 0 Å². The highest BCUT2D eigenvalue weighted by atomic mass is 16.3. The number of fused-ring (bicyclic) bond motifs is 4. The van der Waals surface area contributed by atoms with Crippen molar-refractivity contribution >= 4 is 0 Å². The molecule has 0 aromatic rings. The maximum absolute atomic E-state index is 10.4. The zero-order valence-corrected chi connectivity index (χ0v) is 19.7. The van der Waals surface area contributed by atoms with Gasteiger partial charge in [-0.25, -0.2) is 0 Å². The minimum absolute atomic E-state index is 0.256. The highest BCUT2D eigenvalue weighted by Crippen LogP contribution is 2.66. The van der Waals surface area contributed by atoms with Crippen molar-refractivity contribution in [1.29, 1.82) is 0 Å². The summed E-state index contributed by atoms with van der Waals surface area (Å²) in [7, 11) is 0. The minimum atomic E-state index is -0.256. The second kappa shape index (κ2) is 7.70. The fraction of sp³-hybridized carbons (Fsp3) is 0.786. The van der Waals surface area contributed by atoms with E-state index in [0.717, 1.165) is 29.7 Å². The van der Waals surface area contributed by atoms with E-state index in [4.69, 9.17) is 0 Å². The lowest BCUT2D eigenvalue weighted by Crippen LogP contribution is -2.49. The van der Waals surface area contributed by atoms with Crippen molar-refractivity contribution in [2.24, 2.45) is 34.5 Å². The van der Waals surface area contributed by atoms with E-state index in [1.165, 1.54) is 63.4 Å². The molecular formula is C28H44O. The van der Waals surface area contributed by atoms with Crippen LogP contribution in [0, 0.1) is 34.5 Å². The van der Waals surface area contributed by atoms with Crippen LogP contribution in [-0.4, -0.2) is 11.2 Å². The molecule has 1 N–H and O–H groups in total. The maximum Gasteiger partial charge on any atom is 0.0750 e. The highest BCUT2D eigenvalue weighted by Gasteiger charge is 2.56. The van der Waals surface area contributed by atoms with E-state index >= 15 is 0 Å². The van der Waals surface area contributed by atoms with Crippen LogP contribution in [0.3, 0.4) is 0 Å². The van der Waals surface area contributed by atoms with Crippen LogP contribution in [0.5, 0.6) is 0 Å². The first-order valence-electron chi connectivity index (χ1n) is 12.4. The van der Waals surface area contributed by atoms with Crippen molar-refractivity contribution in [2.45, 2.75) is 105 Å². The molecule has 4 aliphatic rings. The predicted octanol–water partition coefficient (Wildman–Crippen LogP) is 7.62. The molecule has 7 atom stereocenters. The van der Waals surface area contributed by atoms with E-state index in [0.29, 0.717) is 16.7 Å². The number of allylic oxidation sites excluding steroid dienone is 4. The van der Waals surface area contributed by atoms with Gasteiger partial charge in [-0.2, -0.15) is 0 Å². The highest BCUT2D eigenvalue weighted by molar-refractivity contribution is 5.36. The molecule has 0 aromatic heterocycles. The lowest BCUT2D eigenvalue weighted by Gasteiger charge is -2.57. The van der Waals surface area contributed by atoms with Gasteiger partial charge in [-0.1, -0.05) is 50.1 Å². The lowest BCUT2D eigenvalue weighted by atomic mass is 9.48. The van der Waals surface area contributed by atoms with E-state index in [9.17, 15) is 5.11 Å². The molecule has 162 valence electrons. The Hall–Kier alpha value is -0.820. The van der Waals surface area contributed by atoms with Gasteiger partial charge >= 0.3 is 0 Å². The van der Waals surface area contributed by atoms with Gasteiger partial charge in [0.1, 0.15) is 0 Å². The molecule has 0 aromatic carbocycles. The van der Waals surface area contributed by atoms with Crippen molar-refractivity contribution in [3.63, 3.8) is 0 Å². The summed E-state index contributed by atoms with van der Waals surface area (Å²) in [5.74, 6) is 2.96. The number of aliphatic hydroxyl groups is 1. The average Bonchev–Trinajstić information content (AvgIpc) is 3.02. The molecule has 1 heteroatoms. The lowest BCUT2D eigenvalue weighted by molar-refractivity contribution is 0.00297. The van der Waals surface area contributed by atoms with Crippen LogP contribution in [0.1, 0.15) is 98.8 Å². The van der Waals surface area contributed by atoms with Gasteiger partial charge in [-0.15, -0.1) is 0 Å². The Morgan fingerprint density at radius 1 is 1.10 bits per heavy atom. The van der Waals surface area contributed by atoms with E-state index < -0.39 is 0 Å². The summed E-state index contributed by atoms with van der Waals surface area (Å²) in [5.41, 5.74) is 7.14. The van der Waals surface area contributed by atoms with Crippen molar-refractivity contribution in [1.82, 2.24) is 0 Å². The zero-order valence-electron chi connectivity index (χ0n) is 19.7. The largest absolute Gasteiger partial charge is 0.389 e. The van der Waals surface area contributed by atoms with E-state index in [1.54, 1.807) is 0 Å². The number of hydrogen-bond donors (Lipinski definition) is 1. The van der Waals surface area contributed by atoms with Gasteiger partial charge in [0, 0.05) is 0 Å². The summed E-state index contributed by atoms with van der Waals surface area (Å²) in [5, 5.41) is 10.4. The Balaban J connectivity index is 1.58. The zero-order chi connectivity index (χ0) is 21.0. The van der Waals surface area contributed by atoms with Crippen molar-refractivity contribution in [3.05, 3.63) is 34.9 Å². The molecule has 0 amide bonds. The molecule has 1 unspecified atom stereocenters. The molecule has 0 heterocycles. The second-order valence-electron chi connectivity index (χ2n) is 11.7. The molecule has 3 saturated carbocycles. The number of aliphatic hydroxyl groups excluding tert-OH is 1. The monoisotopic (exact) mass is 396 g/mol.